The van der Waals surface area contributed by atoms with Crippen molar-refractivity contribution in [3.63, 3.8) is 0 Å². The molecule has 3 aromatic carbocycles. The number of carbonyl (C=O) groups is 2. The lowest BCUT2D eigenvalue weighted by Gasteiger charge is -2.25. The van der Waals surface area contributed by atoms with Crippen LogP contribution >= 0.6 is 0 Å². The molecule has 1 heterocycles. The fraction of sp³-hybridized carbons (Fsp3) is 0.185. The predicted molar refractivity (Wildman–Crippen MR) is 122 cm³/mol. The topological polar surface area (TPSA) is 57.6 Å². The van der Waals surface area contributed by atoms with E-state index in [4.69, 9.17) is 0 Å². The van der Waals surface area contributed by atoms with Crippen molar-refractivity contribution in [1.82, 2.24) is 4.90 Å². The normalized spacial score (nSPS) is 17.9. The Morgan fingerprint density at radius 2 is 1.42 bits per heavy atom. The Morgan fingerprint density at radius 3 is 2.03 bits per heavy atom. The first-order chi connectivity index (χ1) is 15.0. The molecule has 1 saturated heterocycles. The number of rotatable bonds is 5. The zero-order chi connectivity index (χ0) is 22.0. The maximum absolute atomic E-state index is 13.1. The van der Waals surface area contributed by atoms with Gasteiger partial charge in [-0.2, -0.15) is 0 Å². The number of likely N-dealkylation sites (tertiary alicyclic amines) is 1. The summed E-state index contributed by atoms with van der Waals surface area (Å²) in [5, 5.41) is 11.1. The highest BCUT2D eigenvalue weighted by atomic mass is 16.3. The van der Waals surface area contributed by atoms with Crippen molar-refractivity contribution in [2.75, 3.05) is 6.54 Å². The van der Waals surface area contributed by atoms with Gasteiger partial charge in [-0.25, -0.2) is 0 Å². The standard InChI is InChI=1S/C27H25NO3/c1-18-8-12-21(13-9-18)24-23(25(29)22-14-10-19(2)11-15-22)26(30)27(31)28(24)17-16-20-6-4-3-5-7-20/h3-15,24,29H,16-17H2,1-2H3/b25-23+/t24-/m1/s1. The summed E-state index contributed by atoms with van der Waals surface area (Å²) >= 11 is 0. The summed E-state index contributed by atoms with van der Waals surface area (Å²) in [7, 11) is 0. The maximum Gasteiger partial charge on any atom is 0.295 e. The minimum Gasteiger partial charge on any atom is -0.507 e. The van der Waals surface area contributed by atoms with Gasteiger partial charge >= 0.3 is 0 Å². The van der Waals surface area contributed by atoms with Crippen LogP contribution in [0.15, 0.2) is 84.4 Å². The quantitative estimate of drug-likeness (QED) is 0.366. The van der Waals surface area contributed by atoms with Gasteiger partial charge in [0.25, 0.3) is 11.7 Å². The second-order valence-electron chi connectivity index (χ2n) is 8.00. The van der Waals surface area contributed by atoms with Crippen LogP contribution in [0.5, 0.6) is 0 Å². The highest BCUT2D eigenvalue weighted by molar-refractivity contribution is 6.46. The molecule has 3 aromatic rings. The van der Waals surface area contributed by atoms with Crippen LogP contribution in [-0.2, 0) is 16.0 Å². The van der Waals surface area contributed by atoms with E-state index in [0.29, 0.717) is 18.5 Å². The molecule has 0 aromatic heterocycles. The van der Waals surface area contributed by atoms with E-state index in [0.717, 1.165) is 22.3 Å². The van der Waals surface area contributed by atoms with Crippen molar-refractivity contribution in [2.24, 2.45) is 0 Å². The number of aliphatic hydroxyl groups is 1. The van der Waals surface area contributed by atoms with Gasteiger partial charge in [0.05, 0.1) is 11.6 Å². The number of amides is 1. The molecule has 4 rings (SSSR count). The summed E-state index contributed by atoms with van der Waals surface area (Å²) in [6.07, 6.45) is 0.626. The Labute approximate surface area is 182 Å². The number of aliphatic hydroxyl groups excluding tert-OH is 1. The molecular weight excluding hydrogens is 386 g/mol. The van der Waals surface area contributed by atoms with Crippen molar-refractivity contribution in [2.45, 2.75) is 26.3 Å². The Bertz CT molecular complexity index is 1130. The summed E-state index contributed by atoms with van der Waals surface area (Å²) in [6, 6.07) is 24.3. The molecule has 1 N–H and O–H groups in total. The molecular formula is C27H25NO3. The van der Waals surface area contributed by atoms with Crippen LogP contribution < -0.4 is 0 Å². The lowest BCUT2D eigenvalue weighted by Crippen LogP contribution is -2.31. The van der Waals surface area contributed by atoms with E-state index in [9.17, 15) is 14.7 Å². The summed E-state index contributed by atoms with van der Waals surface area (Å²) in [5.74, 6) is -1.35. The van der Waals surface area contributed by atoms with Crippen molar-refractivity contribution in [3.05, 3.63) is 112 Å². The first-order valence-corrected chi connectivity index (χ1v) is 10.4. The number of aryl methyl sites for hydroxylation is 2. The number of nitrogens with zero attached hydrogens (tertiary/aromatic N) is 1. The van der Waals surface area contributed by atoms with Crippen LogP contribution in [0.1, 0.15) is 33.9 Å². The van der Waals surface area contributed by atoms with Crippen LogP contribution in [0.25, 0.3) is 5.76 Å². The zero-order valence-corrected chi connectivity index (χ0v) is 17.7. The largest absolute Gasteiger partial charge is 0.507 e. The lowest BCUT2D eigenvalue weighted by molar-refractivity contribution is -0.139. The van der Waals surface area contributed by atoms with Gasteiger partial charge in [0.15, 0.2) is 0 Å². The van der Waals surface area contributed by atoms with E-state index >= 15 is 0 Å². The molecule has 1 aliphatic rings. The number of hydrogen-bond donors (Lipinski definition) is 1. The molecule has 0 spiro atoms. The Morgan fingerprint density at radius 1 is 0.839 bits per heavy atom. The fourth-order valence-corrected chi connectivity index (χ4v) is 3.97. The summed E-state index contributed by atoms with van der Waals surface area (Å²) in [6.45, 7) is 4.33. The first kappa shape index (κ1) is 20.6. The number of hydrogen-bond acceptors (Lipinski definition) is 3. The van der Waals surface area contributed by atoms with E-state index in [2.05, 4.69) is 0 Å². The molecule has 4 nitrogen and oxygen atoms in total. The van der Waals surface area contributed by atoms with Crippen LogP contribution in [0.4, 0.5) is 0 Å². The Kier molecular flexibility index (Phi) is 5.72. The van der Waals surface area contributed by atoms with E-state index in [1.165, 1.54) is 0 Å². The average molecular weight is 412 g/mol. The van der Waals surface area contributed by atoms with Gasteiger partial charge in [-0.3, -0.25) is 9.59 Å². The highest BCUT2D eigenvalue weighted by Gasteiger charge is 2.45. The van der Waals surface area contributed by atoms with Gasteiger partial charge < -0.3 is 10.0 Å². The fourth-order valence-electron chi connectivity index (χ4n) is 3.97. The van der Waals surface area contributed by atoms with Gasteiger partial charge in [0, 0.05) is 12.1 Å². The SMILES string of the molecule is Cc1ccc(/C(O)=C2\C(=O)C(=O)N(CCc3ccccc3)[C@@H]2c2ccc(C)cc2)cc1. The third kappa shape index (κ3) is 4.15. The third-order valence-electron chi connectivity index (χ3n) is 5.74. The molecule has 156 valence electrons. The zero-order valence-electron chi connectivity index (χ0n) is 17.7. The van der Waals surface area contributed by atoms with Crippen molar-refractivity contribution in [1.29, 1.82) is 0 Å². The molecule has 1 aliphatic heterocycles. The monoisotopic (exact) mass is 411 g/mol. The third-order valence-corrected chi connectivity index (χ3v) is 5.74. The van der Waals surface area contributed by atoms with Gasteiger partial charge in [-0.1, -0.05) is 90.0 Å². The number of ketones is 1. The smallest absolute Gasteiger partial charge is 0.295 e. The molecule has 1 atom stereocenters. The number of carbonyl (C=O) groups excluding carboxylic acids is 2. The lowest BCUT2D eigenvalue weighted by atomic mass is 9.94. The van der Waals surface area contributed by atoms with Gasteiger partial charge in [-0.05, 0) is 31.4 Å². The first-order valence-electron chi connectivity index (χ1n) is 10.4. The molecule has 0 unspecified atom stereocenters. The van der Waals surface area contributed by atoms with Crippen LogP contribution in [0.3, 0.4) is 0 Å². The van der Waals surface area contributed by atoms with E-state index < -0.39 is 17.7 Å². The predicted octanol–water partition coefficient (Wildman–Crippen LogP) is 4.97. The van der Waals surface area contributed by atoms with E-state index in [-0.39, 0.29) is 11.3 Å². The maximum atomic E-state index is 13.1. The second-order valence-corrected chi connectivity index (χ2v) is 8.00. The van der Waals surface area contributed by atoms with Crippen LogP contribution in [-0.4, -0.2) is 28.2 Å². The van der Waals surface area contributed by atoms with Gasteiger partial charge in [-0.15, -0.1) is 0 Å². The number of benzene rings is 3. The minimum absolute atomic E-state index is 0.133. The molecule has 0 bridgehead atoms. The molecule has 31 heavy (non-hydrogen) atoms. The molecule has 4 heteroatoms. The summed E-state index contributed by atoms with van der Waals surface area (Å²) < 4.78 is 0. The average Bonchev–Trinajstić information content (AvgIpc) is 3.04. The van der Waals surface area contributed by atoms with Crippen LogP contribution in [0.2, 0.25) is 0 Å². The molecule has 1 amide bonds. The Hall–Kier alpha value is -3.66. The summed E-state index contributed by atoms with van der Waals surface area (Å²) in [4.78, 5) is 27.6. The summed E-state index contributed by atoms with van der Waals surface area (Å²) in [5.41, 5.74) is 4.71. The minimum atomic E-state index is -0.642. The number of Topliss-reactive ketones (excluding diaryl/α,β-unsaturated/α-hetero) is 1. The molecule has 0 aliphatic carbocycles. The van der Waals surface area contributed by atoms with Crippen molar-refractivity contribution >= 4 is 17.4 Å². The highest BCUT2D eigenvalue weighted by Crippen LogP contribution is 2.39. The van der Waals surface area contributed by atoms with Gasteiger partial charge in [0.2, 0.25) is 0 Å². The van der Waals surface area contributed by atoms with Gasteiger partial charge in [0.1, 0.15) is 5.76 Å². The molecule has 1 fully saturated rings. The second kappa shape index (κ2) is 8.60. The van der Waals surface area contributed by atoms with E-state index in [1.807, 2.05) is 80.6 Å². The van der Waals surface area contributed by atoms with E-state index in [1.54, 1.807) is 17.0 Å². The Balaban J connectivity index is 1.78. The van der Waals surface area contributed by atoms with Crippen molar-refractivity contribution < 1.29 is 14.7 Å². The molecule has 0 saturated carbocycles. The molecule has 0 radical (unpaired) electrons. The van der Waals surface area contributed by atoms with Crippen molar-refractivity contribution in [3.8, 4) is 0 Å². The van der Waals surface area contributed by atoms with Crippen LogP contribution in [0, 0.1) is 13.8 Å².